The number of ether oxygens (including phenoxy) is 2. The molecular formula is C32H26BrClF4N4O5. The van der Waals surface area contributed by atoms with Crippen LogP contribution in [0.25, 0.3) is 5.69 Å². The first-order chi connectivity index (χ1) is 22.3. The van der Waals surface area contributed by atoms with Crippen molar-refractivity contribution in [2.45, 2.75) is 51.4 Å². The van der Waals surface area contributed by atoms with Crippen molar-refractivity contribution >= 4 is 39.3 Å². The normalized spacial score (nSPS) is 15.2. The molecule has 2 aliphatic rings. The highest BCUT2D eigenvalue weighted by Crippen LogP contribution is 2.30. The number of alkyl halides is 3. The summed E-state index contributed by atoms with van der Waals surface area (Å²) in [7, 11) is 0. The van der Waals surface area contributed by atoms with Crippen molar-refractivity contribution in [1.29, 1.82) is 0 Å². The van der Waals surface area contributed by atoms with E-state index in [1.54, 1.807) is 36.4 Å². The Morgan fingerprint density at radius 2 is 1.72 bits per heavy atom. The van der Waals surface area contributed by atoms with E-state index < -0.39 is 35.6 Å². The molecule has 1 aliphatic heterocycles. The molecule has 6 rings (SSSR count). The van der Waals surface area contributed by atoms with Crippen LogP contribution >= 0.6 is 27.5 Å². The van der Waals surface area contributed by atoms with E-state index in [0.717, 1.165) is 25.0 Å². The molecule has 15 heteroatoms. The summed E-state index contributed by atoms with van der Waals surface area (Å²) in [5.74, 6) is -2.31. The molecule has 0 spiro atoms. The van der Waals surface area contributed by atoms with Crippen molar-refractivity contribution in [3.63, 3.8) is 0 Å². The molecule has 1 aliphatic carbocycles. The van der Waals surface area contributed by atoms with E-state index in [-0.39, 0.29) is 48.6 Å². The Labute approximate surface area is 278 Å². The van der Waals surface area contributed by atoms with E-state index in [1.807, 2.05) is 0 Å². The summed E-state index contributed by atoms with van der Waals surface area (Å²) in [5, 5.41) is 3.00. The second kappa shape index (κ2) is 12.7. The summed E-state index contributed by atoms with van der Waals surface area (Å²) < 4.78 is 65.6. The smallest absolute Gasteiger partial charge is 0.490 e. The van der Waals surface area contributed by atoms with Crippen molar-refractivity contribution in [3.8, 4) is 17.2 Å². The van der Waals surface area contributed by atoms with Crippen molar-refractivity contribution in [2.24, 2.45) is 0 Å². The molecule has 1 N–H and O–H groups in total. The average molecular weight is 738 g/mol. The minimum absolute atomic E-state index is 0.0820. The van der Waals surface area contributed by atoms with Crippen LogP contribution in [-0.4, -0.2) is 44.9 Å². The van der Waals surface area contributed by atoms with Gasteiger partial charge in [-0.25, -0.2) is 9.18 Å². The Bertz CT molecular complexity index is 1920. The topological polar surface area (TPSA) is 94.8 Å². The third kappa shape index (κ3) is 7.03. The van der Waals surface area contributed by atoms with Gasteiger partial charge in [-0.2, -0.15) is 0 Å². The number of halogens is 6. The van der Waals surface area contributed by atoms with Gasteiger partial charge >= 0.3 is 12.1 Å². The van der Waals surface area contributed by atoms with Crippen molar-refractivity contribution in [1.82, 2.24) is 19.4 Å². The number of benzene rings is 3. The Morgan fingerprint density at radius 1 is 1.02 bits per heavy atom. The monoisotopic (exact) mass is 736 g/mol. The molecule has 0 bridgehead atoms. The quantitative estimate of drug-likeness (QED) is 0.201. The fourth-order valence-corrected chi connectivity index (χ4v) is 5.80. The average Bonchev–Trinajstić information content (AvgIpc) is 3.78. The van der Waals surface area contributed by atoms with Crippen LogP contribution in [0.1, 0.15) is 57.9 Å². The molecule has 0 radical (unpaired) electrons. The van der Waals surface area contributed by atoms with E-state index >= 15 is 0 Å². The number of carbonyl (C=O) groups is 2. The molecule has 3 aromatic carbocycles. The van der Waals surface area contributed by atoms with Crippen LogP contribution in [0.5, 0.6) is 11.5 Å². The lowest BCUT2D eigenvalue weighted by Gasteiger charge is -2.28. The lowest BCUT2D eigenvalue weighted by molar-refractivity contribution is -0.274. The zero-order valence-corrected chi connectivity index (χ0v) is 27.0. The third-order valence-corrected chi connectivity index (χ3v) is 9.02. The van der Waals surface area contributed by atoms with Gasteiger partial charge < -0.3 is 19.7 Å². The number of fused-ring (bicyclic) bond motifs is 1. The molecule has 1 fully saturated rings. The number of rotatable bonds is 8. The van der Waals surface area contributed by atoms with Gasteiger partial charge in [-0.05, 0) is 84.2 Å². The molecule has 47 heavy (non-hydrogen) atoms. The van der Waals surface area contributed by atoms with E-state index in [4.69, 9.17) is 16.3 Å². The maximum Gasteiger partial charge on any atom is 0.573 e. The second-order valence-corrected chi connectivity index (χ2v) is 12.4. The van der Waals surface area contributed by atoms with Crippen molar-refractivity contribution in [3.05, 3.63) is 109 Å². The fraction of sp³-hybridized carbons (Fsp3) is 0.281. The summed E-state index contributed by atoms with van der Waals surface area (Å²) in [5.41, 5.74) is 0.201. The largest absolute Gasteiger partial charge is 0.573 e. The van der Waals surface area contributed by atoms with Crippen LogP contribution in [0.2, 0.25) is 5.02 Å². The molecule has 1 aromatic heterocycles. The Hall–Kier alpha value is -4.30. The van der Waals surface area contributed by atoms with Gasteiger partial charge in [0.05, 0.1) is 35.1 Å². The molecular weight excluding hydrogens is 712 g/mol. The minimum atomic E-state index is -5.01. The number of hydrogen-bond donors (Lipinski definition) is 1. The van der Waals surface area contributed by atoms with Crippen LogP contribution in [0.15, 0.2) is 69.9 Å². The number of amides is 2. The molecule has 1 atom stereocenters. The lowest BCUT2D eigenvalue weighted by Crippen LogP contribution is -2.41. The summed E-state index contributed by atoms with van der Waals surface area (Å²) in [6, 6.07) is 13.0. The summed E-state index contributed by atoms with van der Waals surface area (Å²) in [6.07, 6.45) is -2.95. The van der Waals surface area contributed by atoms with Crippen molar-refractivity contribution in [2.75, 3.05) is 6.54 Å². The van der Waals surface area contributed by atoms with Crippen LogP contribution in [0.3, 0.4) is 0 Å². The molecule has 2 heterocycles. The first-order valence-corrected chi connectivity index (χ1v) is 15.7. The number of nitrogens with one attached hydrogen (secondary N) is 1. The van der Waals surface area contributed by atoms with Crippen molar-refractivity contribution < 1.29 is 36.6 Å². The second-order valence-electron chi connectivity index (χ2n) is 11.2. The zero-order chi connectivity index (χ0) is 33.6. The number of imidazole rings is 1. The predicted molar refractivity (Wildman–Crippen MR) is 167 cm³/mol. The van der Waals surface area contributed by atoms with Gasteiger partial charge in [-0.15, -0.1) is 13.2 Å². The SMILES string of the molecule is C[C@H](NC(=O)c1c2n(c(=O)n1-c1ccc(OC3CC3)cc1)CCN(C(=O)c1ccc(Br)c(Cl)c1)C2)c1ccc(OC(F)(F)F)cc1F. The Kier molecular flexibility index (Phi) is 8.83. The predicted octanol–water partition coefficient (Wildman–Crippen LogP) is 6.78. The molecule has 1 saturated carbocycles. The Balaban J connectivity index is 1.35. The van der Waals surface area contributed by atoms with Gasteiger partial charge in [0.1, 0.15) is 23.0 Å². The maximum atomic E-state index is 14.9. The summed E-state index contributed by atoms with van der Waals surface area (Å²) in [4.78, 5) is 42.8. The van der Waals surface area contributed by atoms with E-state index in [2.05, 4.69) is 26.0 Å². The van der Waals surface area contributed by atoms with Gasteiger partial charge in [0.2, 0.25) is 0 Å². The standard InChI is InChI=1S/C32H26BrClF4N4O5/c1-17(23-10-9-22(15-26(23)35)47-32(36,37)38)39-29(43)28-27-16-40(30(44)18-2-11-24(33)25(34)14-18)12-13-41(27)31(45)42(28)19-3-5-20(6-4-19)46-21-7-8-21/h2-6,9-11,14-15,17,21H,7-8,12-13,16H2,1H3,(H,39,43)/t17-/m0/s1. The van der Waals surface area contributed by atoms with Gasteiger partial charge in [-0.3, -0.25) is 18.7 Å². The number of carbonyl (C=O) groups excluding carboxylic acids is 2. The molecule has 0 saturated heterocycles. The lowest BCUT2D eigenvalue weighted by atomic mass is 10.1. The summed E-state index contributed by atoms with van der Waals surface area (Å²) in [6.45, 7) is 1.60. The van der Waals surface area contributed by atoms with Crippen LogP contribution < -0.4 is 20.5 Å². The molecule has 4 aromatic rings. The molecule has 9 nitrogen and oxygen atoms in total. The summed E-state index contributed by atoms with van der Waals surface area (Å²) >= 11 is 9.52. The van der Waals surface area contributed by atoms with Crippen LogP contribution in [-0.2, 0) is 13.1 Å². The molecule has 0 unspecified atom stereocenters. The Morgan fingerprint density at radius 3 is 2.36 bits per heavy atom. The molecule has 246 valence electrons. The zero-order valence-electron chi connectivity index (χ0n) is 24.6. The minimum Gasteiger partial charge on any atom is -0.490 e. The number of aromatic nitrogens is 2. The van der Waals surface area contributed by atoms with Crippen LogP contribution in [0.4, 0.5) is 17.6 Å². The van der Waals surface area contributed by atoms with Crippen LogP contribution in [0, 0.1) is 5.82 Å². The van der Waals surface area contributed by atoms with Gasteiger partial charge in [0, 0.05) is 34.8 Å². The first-order valence-electron chi connectivity index (χ1n) is 14.5. The number of nitrogens with zero attached hydrogens (tertiary/aromatic N) is 3. The highest BCUT2D eigenvalue weighted by molar-refractivity contribution is 9.10. The van der Waals surface area contributed by atoms with E-state index in [9.17, 15) is 31.9 Å². The van der Waals surface area contributed by atoms with E-state index in [0.29, 0.717) is 32.6 Å². The van der Waals surface area contributed by atoms with Gasteiger partial charge in [0.15, 0.2) is 0 Å². The van der Waals surface area contributed by atoms with Gasteiger partial charge in [0.25, 0.3) is 11.8 Å². The third-order valence-electron chi connectivity index (χ3n) is 7.79. The highest BCUT2D eigenvalue weighted by atomic mass is 79.9. The van der Waals surface area contributed by atoms with E-state index in [1.165, 1.54) is 27.0 Å². The maximum absolute atomic E-state index is 14.9. The van der Waals surface area contributed by atoms with Gasteiger partial charge in [-0.1, -0.05) is 17.7 Å². The number of hydrogen-bond acceptors (Lipinski definition) is 5. The fourth-order valence-electron chi connectivity index (χ4n) is 5.37. The highest BCUT2D eigenvalue weighted by Gasteiger charge is 2.34. The first kappa shape index (κ1) is 32.6. The molecule has 2 amide bonds.